The zero-order valence-corrected chi connectivity index (χ0v) is 12.1. The molecule has 0 heterocycles. The topological polar surface area (TPSA) is 78.4 Å². The SMILES string of the molecule is CC(C)C(=O)NC(C=O)CCCCNP.CO. The molecule has 102 valence electrons. The summed E-state index contributed by atoms with van der Waals surface area (Å²) in [4.78, 5) is 22.0. The second-order valence-corrected chi connectivity index (χ2v) is 4.26. The van der Waals surface area contributed by atoms with Crippen molar-refractivity contribution in [3.63, 3.8) is 0 Å². The third kappa shape index (κ3) is 11.7. The molecule has 17 heavy (non-hydrogen) atoms. The lowest BCUT2D eigenvalue weighted by molar-refractivity contribution is -0.126. The minimum absolute atomic E-state index is 0.0590. The molecule has 0 spiro atoms. The second-order valence-electron chi connectivity index (χ2n) is 3.86. The van der Waals surface area contributed by atoms with Crippen molar-refractivity contribution in [2.45, 2.75) is 39.2 Å². The van der Waals surface area contributed by atoms with E-state index in [1.807, 2.05) is 13.8 Å². The maximum Gasteiger partial charge on any atom is 0.223 e. The number of amides is 1. The van der Waals surface area contributed by atoms with E-state index in [1.54, 1.807) is 0 Å². The molecule has 2 unspecified atom stereocenters. The average molecular weight is 264 g/mol. The summed E-state index contributed by atoms with van der Waals surface area (Å²) in [5.74, 6) is -0.127. The second kappa shape index (κ2) is 13.6. The zero-order chi connectivity index (χ0) is 13.7. The van der Waals surface area contributed by atoms with Gasteiger partial charge in [0.1, 0.15) is 6.29 Å². The molecule has 0 radical (unpaired) electrons. The van der Waals surface area contributed by atoms with Crippen LogP contribution in [0.4, 0.5) is 0 Å². The average Bonchev–Trinajstić information content (AvgIpc) is 2.35. The standard InChI is InChI=1S/C10H21N2O2P.CH4O/c1-8(2)10(14)12-9(7-13)5-3-4-6-11-15;1-2/h7-9,11H,3-6,15H2,1-2H3,(H,12,14);2H,1H3. The minimum Gasteiger partial charge on any atom is -0.400 e. The van der Waals surface area contributed by atoms with E-state index in [4.69, 9.17) is 5.11 Å². The molecule has 0 aromatic carbocycles. The molecule has 0 bridgehead atoms. The summed E-state index contributed by atoms with van der Waals surface area (Å²) in [6, 6.07) is -0.329. The first-order chi connectivity index (χ1) is 8.11. The highest BCUT2D eigenvalue weighted by atomic mass is 31.0. The van der Waals surface area contributed by atoms with Crippen molar-refractivity contribution in [2.24, 2.45) is 5.92 Å². The maximum absolute atomic E-state index is 11.3. The van der Waals surface area contributed by atoms with Gasteiger partial charge in [-0.15, -0.1) is 0 Å². The van der Waals surface area contributed by atoms with E-state index in [2.05, 4.69) is 19.8 Å². The van der Waals surface area contributed by atoms with Crippen LogP contribution in [0.2, 0.25) is 0 Å². The fraction of sp³-hybridized carbons (Fsp3) is 0.818. The number of rotatable bonds is 8. The Kier molecular flexibility index (Phi) is 15.0. The highest BCUT2D eigenvalue weighted by Gasteiger charge is 2.13. The number of hydrogen-bond donors (Lipinski definition) is 3. The summed E-state index contributed by atoms with van der Waals surface area (Å²) >= 11 is 0. The Morgan fingerprint density at radius 3 is 2.35 bits per heavy atom. The molecule has 0 rings (SSSR count). The van der Waals surface area contributed by atoms with Gasteiger partial charge in [0.2, 0.25) is 5.91 Å². The third-order valence-electron chi connectivity index (χ3n) is 2.10. The molecular formula is C11H25N2O3P. The third-order valence-corrected chi connectivity index (χ3v) is 2.39. The van der Waals surface area contributed by atoms with Crippen molar-refractivity contribution in [2.75, 3.05) is 13.7 Å². The lowest BCUT2D eigenvalue weighted by Gasteiger charge is -2.14. The van der Waals surface area contributed by atoms with Gasteiger partial charge in [0.15, 0.2) is 0 Å². The summed E-state index contributed by atoms with van der Waals surface area (Å²) in [5.41, 5.74) is 0. The zero-order valence-electron chi connectivity index (χ0n) is 10.9. The number of aldehydes is 1. The van der Waals surface area contributed by atoms with Crippen molar-refractivity contribution in [1.82, 2.24) is 10.4 Å². The first-order valence-electron chi connectivity index (χ1n) is 5.75. The minimum atomic E-state index is -0.329. The van der Waals surface area contributed by atoms with Gasteiger partial charge < -0.3 is 20.3 Å². The summed E-state index contributed by atoms with van der Waals surface area (Å²) in [6.07, 6.45) is 3.47. The Hall–Kier alpha value is -0.510. The quantitative estimate of drug-likeness (QED) is 0.338. The van der Waals surface area contributed by atoms with Crippen molar-refractivity contribution in [3.05, 3.63) is 0 Å². The maximum atomic E-state index is 11.3. The number of hydrogen-bond acceptors (Lipinski definition) is 4. The summed E-state index contributed by atoms with van der Waals surface area (Å²) < 4.78 is 0. The van der Waals surface area contributed by atoms with Crippen LogP contribution < -0.4 is 10.4 Å². The van der Waals surface area contributed by atoms with Gasteiger partial charge in [-0.25, -0.2) is 0 Å². The molecule has 0 aromatic rings. The predicted octanol–water partition coefficient (Wildman–Crippen LogP) is 0.485. The van der Waals surface area contributed by atoms with Gasteiger partial charge in [-0.2, -0.15) is 0 Å². The van der Waals surface area contributed by atoms with Gasteiger partial charge in [-0.05, 0) is 25.8 Å². The van der Waals surface area contributed by atoms with Gasteiger partial charge in [-0.3, -0.25) is 4.79 Å². The molecule has 5 nitrogen and oxygen atoms in total. The number of aliphatic hydroxyl groups is 1. The van der Waals surface area contributed by atoms with Crippen molar-refractivity contribution >= 4 is 21.6 Å². The first-order valence-corrected chi connectivity index (χ1v) is 6.33. The van der Waals surface area contributed by atoms with E-state index in [1.165, 1.54) is 0 Å². The van der Waals surface area contributed by atoms with Crippen LogP contribution in [0.3, 0.4) is 0 Å². The van der Waals surface area contributed by atoms with Crippen LogP contribution in [-0.4, -0.2) is 37.0 Å². The molecule has 0 fully saturated rings. The Labute approximate surface area is 106 Å². The number of carbonyl (C=O) groups is 2. The predicted molar refractivity (Wildman–Crippen MR) is 72.5 cm³/mol. The van der Waals surface area contributed by atoms with Gasteiger partial charge in [0, 0.05) is 13.0 Å². The van der Waals surface area contributed by atoms with E-state index in [9.17, 15) is 9.59 Å². The highest BCUT2D eigenvalue weighted by molar-refractivity contribution is 7.13. The van der Waals surface area contributed by atoms with Crippen LogP contribution in [-0.2, 0) is 9.59 Å². The molecule has 0 saturated heterocycles. The van der Waals surface area contributed by atoms with Gasteiger partial charge in [0.05, 0.1) is 6.04 Å². The number of aliphatic hydroxyl groups excluding tert-OH is 1. The van der Waals surface area contributed by atoms with Crippen LogP contribution >= 0.6 is 9.39 Å². The van der Waals surface area contributed by atoms with Gasteiger partial charge in [-0.1, -0.05) is 23.2 Å². The Morgan fingerprint density at radius 1 is 1.35 bits per heavy atom. The van der Waals surface area contributed by atoms with E-state index < -0.39 is 0 Å². The van der Waals surface area contributed by atoms with E-state index in [0.717, 1.165) is 32.8 Å². The van der Waals surface area contributed by atoms with Crippen molar-refractivity contribution in [1.29, 1.82) is 0 Å². The molecule has 1 amide bonds. The molecule has 0 aliphatic heterocycles. The number of unbranched alkanes of at least 4 members (excludes halogenated alkanes) is 1. The molecular weight excluding hydrogens is 239 g/mol. The molecule has 0 saturated carbocycles. The molecule has 0 aliphatic carbocycles. The fourth-order valence-corrected chi connectivity index (χ4v) is 1.32. The largest absolute Gasteiger partial charge is 0.400 e. The van der Waals surface area contributed by atoms with Gasteiger partial charge >= 0.3 is 0 Å². The van der Waals surface area contributed by atoms with E-state index in [0.29, 0.717) is 6.42 Å². The normalized spacial score (nSPS) is 11.4. The van der Waals surface area contributed by atoms with Crippen LogP contribution in [0, 0.1) is 5.92 Å². The highest BCUT2D eigenvalue weighted by Crippen LogP contribution is 2.01. The first kappa shape index (κ1) is 18.8. The molecule has 6 heteroatoms. The fourth-order valence-electron chi connectivity index (χ4n) is 1.11. The Morgan fingerprint density at radius 2 is 1.94 bits per heavy atom. The van der Waals surface area contributed by atoms with Gasteiger partial charge in [0.25, 0.3) is 0 Å². The monoisotopic (exact) mass is 264 g/mol. The Balaban J connectivity index is 0. The van der Waals surface area contributed by atoms with Crippen LogP contribution in [0.1, 0.15) is 33.1 Å². The van der Waals surface area contributed by atoms with Crippen molar-refractivity contribution in [3.8, 4) is 0 Å². The van der Waals surface area contributed by atoms with Crippen LogP contribution in [0.15, 0.2) is 0 Å². The molecule has 0 aromatic heterocycles. The van der Waals surface area contributed by atoms with Crippen LogP contribution in [0.5, 0.6) is 0 Å². The Bertz CT molecular complexity index is 201. The van der Waals surface area contributed by atoms with E-state index in [-0.39, 0.29) is 17.9 Å². The van der Waals surface area contributed by atoms with E-state index >= 15 is 0 Å². The number of nitrogens with one attached hydrogen (secondary N) is 2. The summed E-state index contributed by atoms with van der Waals surface area (Å²) in [6.45, 7) is 4.54. The lowest BCUT2D eigenvalue weighted by atomic mass is 10.1. The summed E-state index contributed by atoms with van der Waals surface area (Å²) in [5, 5.41) is 12.7. The molecule has 0 aliphatic rings. The van der Waals surface area contributed by atoms with Crippen molar-refractivity contribution < 1.29 is 14.7 Å². The number of carbonyl (C=O) groups excluding carboxylic acids is 2. The van der Waals surface area contributed by atoms with Crippen LogP contribution in [0.25, 0.3) is 0 Å². The smallest absolute Gasteiger partial charge is 0.223 e. The molecule has 2 atom stereocenters. The molecule has 3 N–H and O–H groups in total. The summed E-state index contributed by atoms with van der Waals surface area (Å²) in [7, 11) is 3.44. The lowest BCUT2D eigenvalue weighted by Crippen LogP contribution is -2.38.